The van der Waals surface area contributed by atoms with Gasteiger partial charge in [0.05, 0.1) is 14.2 Å². The van der Waals surface area contributed by atoms with Gasteiger partial charge in [0.15, 0.2) is 11.5 Å². The fourth-order valence-electron chi connectivity index (χ4n) is 1.18. The van der Waals surface area contributed by atoms with Gasteiger partial charge in [0, 0.05) is 12.5 Å². The third-order valence-corrected chi connectivity index (χ3v) is 1.82. The van der Waals surface area contributed by atoms with Gasteiger partial charge in [-0.25, -0.2) is 0 Å². The molecule has 5 nitrogen and oxygen atoms in total. The predicted molar refractivity (Wildman–Crippen MR) is 55.7 cm³/mol. The second kappa shape index (κ2) is 5.16. The van der Waals surface area contributed by atoms with Gasteiger partial charge < -0.3 is 14.2 Å². The summed E-state index contributed by atoms with van der Waals surface area (Å²) in [4.78, 5) is 21.4. The minimum Gasteiger partial charge on any atom is -0.493 e. The number of benzene rings is 1. The summed E-state index contributed by atoms with van der Waals surface area (Å²) in [6.45, 7) is 1.26. The molecule has 0 N–H and O–H groups in total. The fraction of sp³-hybridized carbons (Fsp3) is 0.273. The van der Waals surface area contributed by atoms with Crippen molar-refractivity contribution in [1.82, 2.24) is 0 Å². The third kappa shape index (κ3) is 2.50. The number of carbonyl (C=O) groups is 1. The molecule has 1 aromatic rings. The number of methoxy groups -OCH3 is 2. The SMILES string of the molecule is COc1cc([C]=O)cc(OC)c1OC(C)=O. The minimum atomic E-state index is -0.501. The monoisotopic (exact) mass is 223 g/mol. The zero-order valence-corrected chi connectivity index (χ0v) is 9.20. The van der Waals surface area contributed by atoms with Crippen LogP contribution in [0.2, 0.25) is 0 Å². The highest BCUT2D eigenvalue weighted by Crippen LogP contribution is 2.38. The number of hydrogen-bond donors (Lipinski definition) is 0. The zero-order valence-electron chi connectivity index (χ0n) is 9.20. The molecule has 1 aromatic carbocycles. The van der Waals surface area contributed by atoms with Crippen molar-refractivity contribution in [1.29, 1.82) is 0 Å². The lowest BCUT2D eigenvalue weighted by molar-refractivity contribution is -0.132. The molecule has 16 heavy (non-hydrogen) atoms. The van der Waals surface area contributed by atoms with E-state index >= 15 is 0 Å². The van der Waals surface area contributed by atoms with Crippen molar-refractivity contribution < 1.29 is 23.8 Å². The Morgan fingerprint density at radius 3 is 2.00 bits per heavy atom. The summed E-state index contributed by atoms with van der Waals surface area (Å²) in [5.74, 6) is 0.136. The molecule has 0 aliphatic heterocycles. The molecule has 85 valence electrons. The van der Waals surface area contributed by atoms with E-state index in [4.69, 9.17) is 14.2 Å². The second-order valence-corrected chi connectivity index (χ2v) is 2.91. The van der Waals surface area contributed by atoms with E-state index in [1.807, 2.05) is 0 Å². The molecule has 0 atom stereocenters. The predicted octanol–water partition coefficient (Wildman–Crippen LogP) is 1.09. The van der Waals surface area contributed by atoms with Gasteiger partial charge in [0.25, 0.3) is 0 Å². The Bertz CT molecular complexity index is 386. The topological polar surface area (TPSA) is 61.8 Å². The molecule has 0 saturated carbocycles. The lowest BCUT2D eigenvalue weighted by Gasteiger charge is -2.12. The first-order valence-electron chi connectivity index (χ1n) is 4.45. The molecule has 5 heteroatoms. The lowest BCUT2D eigenvalue weighted by Crippen LogP contribution is -2.05. The van der Waals surface area contributed by atoms with Crippen LogP contribution in [0.4, 0.5) is 0 Å². The van der Waals surface area contributed by atoms with E-state index in [1.165, 1.54) is 33.3 Å². The molecule has 0 unspecified atom stereocenters. The Morgan fingerprint density at radius 1 is 1.19 bits per heavy atom. The van der Waals surface area contributed by atoms with Gasteiger partial charge in [-0.05, 0) is 12.1 Å². The van der Waals surface area contributed by atoms with Crippen molar-refractivity contribution in [2.75, 3.05) is 14.2 Å². The molecule has 0 amide bonds. The molecule has 0 spiro atoms. The summed E-state index contributed by atoms with van der Waals surface area (Å²) in [6.07, 6.45) is 1.71. The number of rotatable bonds is 4. The fourth-order valence-corrected chi connectivity index (χ4v) is 1.18. The van der Waals surface area contributed by atoms with Gasteiger partial charge in [-0.2, -0.15) is 0 Å². The second-order valence-electron chi connectivity index (χ2n) is 2.91. The van der Waals surface area contributed by atoms with Crippen LogP contribution in [0.25, 0.3) is 0 Å². The number of ether oxygens (including phenoxy) is 3. The van der Waals surface area contributed by atoms with Crippen LogP contribution in [0, 0.1) is 0 Å². The van der Waals surface area contributed by atoms with Crippen LogP contribution in [0.15, 0.2) is 12.1 Å². The number of hydrogen-bond acceptors (Lipinski definition) is 5. The lowest BCUT2D eigenvalue weighted by atomic mass is 10.2. The Morgan fingerprint density at radius 2 is 1.69 bits per heavy atom. The van der Waals surface area contributed by atoms with E-state index in [1.54, 1.807) is 6.29 Å². The standard InChI is InChI=1S/C11H11O5/c1-7(13)16-11-9(14-2)4-8(6-12)5-10(11)15-3/h4-5H,1-3H3. The zero-order chi connectivity index (χ0) is 12.1. The van der Waals surface area contributed by atoms with Gasteiger partial charge in [-0.1, -0.05) is 0 Å². The molecule has 0 aliphatic rings. The number of carbonyl (C=O) groups excluding carboxylic acids is 2. The van der Waals surface area contributed by atoms with Crippen molar-refractivity contribution in [3.05, 3.63) is 17.7 Å². The van der Waals surface area contributed by atoms with E-state index in [2.05, 4.69) is 0 Å². The first-order chi connectivity index (χ1) is 7.62. The van der Waals surface area contributed by atoms with Crippen molar-refractivity contribution >= 4 is 12.3 Å². The summed E-state index contributed by atoms with van der Waals surface area (Å²) in [7, 11) is 2.80. The molecule has 1 rings (SSSR count). The van der Waals surface area contributed by atoms with E-state index in [9.17, 15) is 9.59 Å². The molecule has 0 aromatic heterocycles. The number of esters is 1. The average Bonchev–Trinajstić information content (AvgIpc) is 2.28. The Balaban J connectivity index is 3.30. The maximum Gasteiger partial charge on any atom is 0.308 e. The Kier molecular flexibility index (Phi) is 3.88. The normalized spacial score (nSPS) is 9.44. The van der Waals surface area contributed by atoms with Crippen LogP contribution in [-0.2, 0) is 9.59 Å². The van der Waals surface area contributed by atoms with Crippen LogP contribution in [-0.4, -0.2) is 26.5 Å². The van der Waals surface area contributed by atoms with Crippen LogP contribution in [0.1, 0.15) is 12.5 Å². The molecular weight excluding hydrogens is 212 g/mol. The molecule has 0 heterocycles. The van der Waals surface area contributed by atoms with Gasteiger partial charge in [-0.3, -0.25) is 9.59 Å². The highest BCUT2D eigenvalue weighted by molar-refractivity contribution is 5.80. The molecular formula is C11H11O5. The minimum absolute atomic E-state index is 0.150. The maximum atomic E-state index is 10.9. The third-order valence-electron chi connectivity index (χ3n) is 1.82. The summed E-state index contributed by atoms with van der Waals surface area (Å²) in [6, 6.07) is 2.82. The van der Waals surface area contributed by atoms with Gasteiger partial charge in [0.1, 0.15) is 0 Å². The molecule has 0 bridgehead atoms. The summed E-state index contributed by atoms with van der Waals surface area (Å²) in [5.41, 5.74) is 0.254. The smallest absolute Gasteiger partial charge is 0.308 e. The first-order valence-corrected chi connectivity index (χ1v) is 4.45. The summed E-state index contributed by atoms with van der Waals surface area (Å²) < 4.78 is 14.9. The molecule has 1 radical (unpaired) electrons. The van der Waals surface area contributed by atoms with Crippen molar-refractivity contribution in [3.63, 3.8) is 0 Å². The summed E-state index contributed by atoms with van der Waals surface area (Å²) in [5, 5.41) is 0. The Hall–Kier alpha value is -2.04. The molecule has 0 saturated heterocycles. The van der Waals surface area contributed by atoms with Gasteiger partial charge >= 0.3 is 5.97 Å². The largest absolute Gasteiger partial charge is 0.493 e. The highest BCUT2D eigenvalue weighted by atomic mass is 16.6. The van der Waals surface area contributed by atoms with Crippen molar-refractivity contribution in [2.24, 2.45) is 0 Å². The quantitative estimate of drug-likeness (QED) is 0.564. The van der Waals surface area contributed by atoms with Crippen LogP contribution in [0.3, 0.4) is 0 Å². The van der Waals surface area contributed by atoms with E-state index < -0.39 is 5.97 Å². The molecule has 0 aliphatic carbocycles. The van der Waals surface area contributed by atoms with E-state index in [0.717, 1.165) is 0 Å². The van der Waals surface area contributed by atoms with E-state index in [-0.39, 0.29) is 22.8 Å². The van der Waals surface area contributed by atoms with Gasteiger partial charge in [0.2, 0.25) is 12.0 Å². The highest BCUT2D eigenvalue weighted by Gasteiger charge is 2.15. The van der Waals surface area contributed by atoms with Crippen molar-refractivity contribution in [2.45, 2.75) is 6.92 Å². The van der Waals surface area contributed by atoms with Crippen LogP contribution >= 0.6 is 0 Å². The van der Waals surface area contributed by atoms with E-state index in [0.29, 0.717) is 0 Å². The van der Waals surface area contributed by atoms with Gasteiger partial charge in [-0.15, -0.1) is 0 Å². The summed E-state index contributed by atoms with van der Waals surface area (Å²) >= 11 is 0. The van der Waals surface area contributed by atoms with Crippen molar-refractivity contribution in [3.8, 4) is 17.2 Å². The average molecular weight is 223 g/mol. The Labute approximate surface area is 92.9 Å². The maximum absolute atomic E-state index is 10.9. The van der Waals surface area contributed by atoms with Crippen LogP contribution < -0.4 is 14.2 Å². The molecule has 0 fully saturated rings. The first kappa shape index (κ1) is 12.0. The van der Waals surface area contributed by atoms with Crippen LogP contribution in [0.5, 0.6) is 17.2 Å².